The lowest BCUT2D eigenvalue weighted by Crippen LogP contribution is -2.43. The van der Waals surface area contributed by atoms with Crippen LogP contribution < -0.4 is 10.6 Å². The van der Waals surface area contributed by atoms with E-state index in [9.17, 15) is 18.0 Å². The highest BCUT2D eigenvalue weighted by Crippen LogP contribution is 2.27. The normalized spacial score (nSPS) is 18.9. The zero-order valence-corrected chi connectivity index (χ0v) is 15.1. The van der Waals surface area contributed by atoms with Crippen LogP contribution in [0.4, 0.5) is 11.4 Å². The molecular formula is C15H20ClN3O4S. The van der Waals surface area contributed by atoms with E-state index in [0.717, 1.165) is 6.26 Å². The number of anilines is 2. The van der Waals surface area contributed by atoms with Gasteiger partial charge in [-0.2, -0.15) is 0 Å². The molecule has 0 bridgehead atoms. The zero-order chi connectivity index (χ0) is 17.9. The van der Waals surface area contributed by atoms with E-state index >= 15 is 0 Å². The minimum absolute atomic E-state index is 0.153. The van der Waals surface area contributed by atoms with Gasteiger partial charge in [-0.25, -0.2) is 12.7 Å². The molecule has 1 unspecified atom stereocenters. The summed E-state index contributed by atoms with van der Waals surface area (Å²) in [5.74, 6) is -1.01. The van der Waals surface area contributed by atoms with Crippen molar-refractivity contribution in [3.63, 3.8) is 0 Å². The van der Waals surface area contributed by atoms with Crippen molar-refractivity contribution >= 4 is 44.8 Å². The SMILES string of the molecule is CC(=O)Nc1ccc(Cl)cc1NC(=O)C1CCCN(S(C)(=O)=O)C1. The van der Waals surface area contributed by atoms with Crippen molar-refractivity contribution < 1.29 is 18.0 Å². The maximum atomic E-state index is 12.5. The quantitative estimate of drug-likeness (QED) is 0.842. The van der Waals surface area contributed by atoms with E-state index < -0.39 is 15.9 Å². The standard InChI is InChI=1S/C15H20ClN3O4S/c1-10(20)17-13-6-5-12(16)8-14(13)18-15(21)11-4-3-7-19(9-11)24(2,22)23/h5-6,8,11H,3-4,7,9H2,1-2H3,(H,17,20)(H,18,21). The number of amides is 2. The molecule has 9 heteroatoms. The van der Waals surface area contributed by atoms with Crippen LogP contribution in [0.25, 0.3) is 0 Å². The third-order valence-electron chi connectivity index (χ3n) is 3.77. The van der Waals surface area contributed by atoms with Crippen LogP contribution in [0.1, 0.15) is 19.8 Å². The third-order valence-corrected chi connectivity index (χ3v) is 5.28. The van der Waals surface area contributed by atoms with Crippen LogP contribution >= 0.6 is 11.6 Å². The van der Waals surface area contributed by atoms with Gasteiger partial charge in [0, 0.05) is 25.0 Å². The number of nitrogens with one attached hydrogen (secondary N) is 2. The van der Waals surface area contributed by atoms with Crippen molar-refractivity contribution in [3.05, 3.63) is 23.2 Å². The van der Waals surface area contributed by atoms with Gasteiger partial charge in [-0.3, -0.25) is 9.59 Å². The average Bonchev–Trinajstić information content (AvgIpc) is 2.49. The summed E-state index contributed by atoms with van der Waals surface area (Å²) in [5.41, 5.74) is 0.829. The van der Waals surface area contributed by atoms with Gasteiger partial charge in [0.25, 0.3) is 0 Å². The Morgan fingerprint density at radius 2 is 1.96 bits per heavy atom. The second-order valence-corrected chi connectivity index (χ2v) is 8.24. The fourth-order valence-electron chi connectivity index (χ4n) is 2.61. The van der Waals surface area contributed by atoms with Gasteiger partial charge in [-0.05, 0) is 31.0 Å². The van der Waals surface area contributed by atoms with Crippen molar-refractivity contribution in [1.82, 2.24) is 4.31 Å². The fourth-order valence-corrected chi connectivity index (χ4v) is 3.69. The van der Waals surface area contributed by atoms with Crippen LogP contribution in [0.15, 0.2) is 18.2 Å². The summed E-state index contributed by atoms with van der Waals surface area (Å²) in [6.45, 7) is 1.95. The van der Waals surface area contributed by atoms with Crippen molar-refractivity contribution in [3.8, 4) is 0 Å². The number of hydrogen-bond donors (Lipinski definition) is 2. The third kappa shape index (κ3) is 4.93. The van der Waals surface area contributed by atoms with Crippen molar-refractivity contribution in [1.29, 1.82) is 0 Å². The number of sulfonamides is 1. The molecule has 132 valence electrons. The summed E-state index contributed by atoms with van der Waals surface area (Å²) in [4.78, 5) is 23.8. The molecule has 1 heterocycles. The molecule has 1 fully saturated rings. The van der Waals surface area contributed by atoms with Gasteiger partial charge in [-0.15, -0.1) is 0 Å². The first-order valence-electron chi connectivity index (χ1n) is 7.50. The molecular weight excluding hydrogens is 354 g/mol. The minimum atomic E-state index is -3.32. The van der Waals surface area contributed by atoms with Gasteiger partial charge in [0.15, 0.2) is 0 Å². The summed E-state index contributed by atoms with van der Waals surface area (Å²) >= 11 is 5.95. The van der Waals surface area contributed by atoms with Gasteiger partial charge < -0.3 is 10.6 Å². The average molecular weight is 374 g/mol. The maximum Gasteiger partial charge on any atom is 0.228 e. The highest BCUT2D eigenvalue weighted by atomic mass is 35.5. The largest absolute Gasteiger partial charge is 0.325 e. The molecule has 0 saturated carbocycles. The van der Waals surface area contributed by atoms with E-state index in [0.29, 0.717) is 35.8 Å². The Balaban J connectivity index is 2.14. The highest BCUT2D eigenvalue weighted by molar-refractivity contribution is 7.88. The molecule has 1 aliphatic rings. The molecule has 2 rings (SSSR count). The highest BCUT2D eigenvalue weighted by Gasteiger charge is 2.30. The first-order valence-corrected chi connectivity index (χ1v) is 9.72. The van der Waals surface area contributed by atoms with Crippen LogP contribution in [0.5, 0.6) is 0 Å². The lowest BCUT2D eigenvalue weighted by atomic mass is 9.98. The molecule has 0 spiro atoms. The van der Waals surface area contributed by atoms with Crippen molar-refractivity contribution in [2.24, 2.45) is 5.92 Å². The van der Waals surface area contributed by atoms with Crippen LogP contribution in [0, 0.1) is 5.92 Å². The Hall–Kier alpha value is -1.64. The van der Waals surface area contributed by atoms with Crippen LogP contribution in [-0.2, 0) is 19.6 Å². The van der Waals surface area contributed by atoms with E-state index in [1.165, 1.54) is 11.2 Å². The first kappa shape index (κ1) is 18.7. The number of hydrogen-bond acceptors (Lipinski definition) is 4. The summed E-state index contributed by atoms with van der Waals surface area (Å²) < 4.78 is 24.6. The Bertz CT molecular complexity index is 751. The molecule has 1 aromatic rings. The molecule has 0 aliphatic carbocycles. The fraction of sp³-hybridized carbons (Fsp3) is 0.467. The van der Waals surface area contributed by atoms with Gasteiger partial charge in [-0.1, -0.05) is 11.6 Å². The van der Waals surface area contributed by atoms with E-state index in [-0.39, 0.29) is 18.4 Å². The van der Waals surface area contributed by atoms with Crippen LogP contribution in [-0.4, -0.2) is 43.9 Å². The summed E-state index contributed by atoms with van der Waals surface area (Å²) in [6.07, 6.45) is 2.37. The molecule has 1 aromatic carbocycles. The smallest absolute Gasteiger partial charge is 0.228 e. The summed E-state index contributed by atoms with van der Waals surface area (Å²) in [5, 5.41) is 5.78. The van der Waals surface area contributed by atoms with E-state index in [4.69, 9.17) is 11.6 Å². The summed E-state index contributed by atoms with van der Waals surface area (Å²) in [7, 11) is -3.32. The number of benzene rings is 1. The van der Waals surface area contributed by atoms with Crippen molar-refractivity contribution in [2.75, 3.05) is 30.0 Å². The van der Waals surface area contributed by atoms with E-state index in [1.807, 2.05) is 0 Å². The predicted octanol–water partition coefficient (Wildman–Crippen LogP) is 1.91. The number of halogens is 1. The van der Waals surface area contributed by atoms with Crippen molar-refractivity contribution in [2.45, 2.75) is 19.8 Å². The van der Waals surface area contributed by atoms with Crippen LogP contribution in [0.2, 0.25) is 5.02 Å². The lowest BCUT2D eigenvalue weighted by molar-refractivity contribution is -0.121. The van der Waals surface area contributed by atoms with Gasteiger partial charge in [0.2, 0.25) is 21.8 Å². The molecule has 0 radical (unpaired) electrons. The summed E-state index contributed by atoms with van der Waals surface area (Å²) in [6, 6.07) is 4.75. The first-order chi connectivity index (χ1) is 11.2. The number of carbonyl (C=O) groups is 2. The molecule has 7 nitrogen and oxygen atoms in total. The molecule has 1 atom stereocenters. The second-order valence-electron chi connectivity index (χ2n) is 5.82. The topological polar surface area (TPSA) is 95.6 Å². The molecule has 24 heavy (non-hydrogen) atoms. The van der Waals surface area contributed by atoms with Gasteiger partial charge in [0.1, 0.15) is 0 Å². The van der Waals surface area contributed by atoms with E-state index in [1.54, 1.807) is 18.2 Å². The Kier molecular flexibility index (Phi) is 5.84. The Morgan fingerprint density at radius 3 is 2.58 bits per heavy atom. The molecule has 2 N–H and O–H groups in total. The number of rotatable bonds is 4. The molecule has 1 saturated heterocycles. The molecule has 0 aromatic heterocycles. The predicted molar refractivity (Wildman–Crippen MR) is 93.5 cm³/mol. The van der Waals surface area contributed by atoms with Crippen LogP contribution in [0.3, 0.4) is 0 Å². The maximum absolute atomic E-state index is 12.5. The number of piperidine rings is 1. The molecule has 2 amide bonds. The Morgan fingerprint density at radius 1 is 1.25 bits per heavy atom. The second kappa shape index (κ2) is 7.50. The monoisotopic (exact) mass is 373 g/mol. The Labute approximate surface area is 146 Å². The van der Waals surface area contributed by atoms with E-state index in [2.05, 4.69) is 10.6 Å². The van der Waals surface area contributed by atoms with Gasteiger partial charge >= 0.3 is 0 Å². The minimum Gasteiger partial charge on any atom is -0.325 e. The zero-order valence-electron chi connectivity index (χ0n) is 13.5. The number of nitrogens with zero attached hydrogens (tertiary/aromatic N) is 1. The lowest BCUT2D eigenvalue weighted by Gasteiger charge is -2.30. The molecule has 1 aliphatic heterocycles. The van der Waals surface area contributed by atoms with Gasteiger partial charge in [0.05, 0.1) is 23.5 Å². The number of carbonyl (C=O) groups excluding carboxylic acids is 2.